The van der Waals surface area contributed by atoms with Crippen LogP contribution in [-0.4, -0.2) is 50.3 Å². The molecule has 0 spiro atoms. The summed E-state index contributed by atoms with van der Waals surface area (Å²) in [5.74, 6) is -3.45. The number of hydrogen-bond donors (Lipinski definition) is 3. The number of fused-ring (bicyclic) bond motifs is 3. The summed E-state index contributed by atoms with van der Waals surface area (Å²) in [6, 6.07) is 7.28. The minimum Gasteiger partial charge on any atom is -0.453 e. The number of ether oxygens (including phenoxy) is 1. The lowest BCUT2D eigenvalue weighted by Gasteiger charge is -2.15. The predicted octanol–water partition coefficient (Wildman–Crippen LogP) is 5.31. The van der Waals surface area contributed by atoms with Gasteiger partial charge in [0.25, 0.3) is 5.91 Å². The maximum absolute atomic E-state index is 15.4. The second kappa shape index (κ2) is 10.8. The first-order chi connectivity index (χ1) is 21.6. The van der Waals surface area contributed by atoms with Crippen LogP contribution in [0.25, 0.3) is 44.5 Å². The third-order valence-electron chi connectivity index (χ3n) is 8.73. The van der Waals surface area contributed by atoms with E-state index in [0.717, 1.165) is 25.0 Å². The van der Waals surface area contributed by atoms with Gasteiger partial charge in [0.1, 0.15) is 28.7 Å². The van der Waals surface area contributed by atoms with E-state index in [1.54, 1.807) is 17.7 Å². The summed E-state index contributed by atoms with van der Waals surface area (Å²) in [5, 5.41) is 5.88. The number of H-pyrrole nitrogens is 1. The highest BCUT2D eigenvalue weighted by Gasteiger charge is 2.33. The minimum absolute atomic E-state index is 0.0754. The Bertz CT molecular complexity index is 2060. The van der Waals surface area contributed by atoms with Gasteiger partial charge in [-0.3, -0.25) is 13.9 Å². The van der Waals surface area contributed by atoms with Crippen molar-refractivity contribution in [2.75, 3.05) is 7.11 Å². The van der Waals surface area contributed by atoms with Crippen molar-refractivity contribution < 1.29 is 27.5 Å². The molecular weight excluding hydrogens is 589 g/mol. The number of benzene rings is 2. The number of rotatable bonds is 6. The van der Waals surface area contributed by atoms with Crippen LogP contribution in [0, 0.1) is 17.5 Å². The Morgan fingerprint density at radius 2 is 1.73 bits per heavy atom. The number of aryl methyl sites for hydroxylation is 1. The topological polar surface area (TPSA) is 123 Å². The Hall–Kier alpha value is -5.07. The molecule has 0 bridgehead atoms. The van der Waals surface area contributed by atoms with E-state index in [2.05, 4.69) is 20.6 Å². The Balaban J connectivity index is 1.45. The fraction of sp³-hybridized carbons (Fsp3) is 0.312. The van der Waals surface area contributed by atoms with Crippen LogP contribution in [0.2, 0.25) is 0 Å². The average Bonchev–Trinajstić information content (AvgIpc) is 3.45. The van der Waals surface area contributed by atoms with Gasteiger partial charge < -0.3 is 20.4 Å². The molecule has 3 heterocycles. The van der Waals surface area contributed by atoms with E-state index in [0.29, 0.717) is 52.5 Å². The SMILES string of the molecule is COC(=O)N[C@@H]1CC[C@@H](n2c(=O)n(C)c3cnc4[nH]c(-c5cc(F)c(C(=O)NC6CC6)c(F)c5)c(-c5cccc(F)c5)c4c32)C1. The number of carbonyl (C=O) groups excluding carboxylic acids is 2. The highest BCUT2D eigenvalue weighted by atomic mass is 19.1. The summed E-state index contributed by atoms with van der Waals surface area (Å²) >= 11 is 0. The van der Waals surface area contributed by atoms with Gasteiger partial charge in [0.15, 0.2) is 0 Å². The quantitative estimate of drug-likeness (QED) is 0.238. The number of nitrogens with zero attached hydrogens (tertiary/aromatic N) is 3. The summed E-state index contributed by atoms with van der Waals surface area (Å²) in [5.41, 5.74) is 1.44. The Morgan fingerprint density at radius 1 is 1.00 bits per heavy atom. The van der Waals surface area contributed by atoms with Gasteiger partial charge in [0.05, 0.1) is 35.4 Å². The molecule has 0 saturated heterocycles. The fourth-order valence-electron chi connectivity index (χ4n) is 6.44. The highest BCUT2D eigenvalue weighted by Crippen LogP contribution is 2.43. The average molecular weight is 619 g/mol. The van der Waals surface area contributed by atoms with Gasteiger partial charge in [-0.05, 0) is 61.9 Å². The summed E-state index contributed by atoms with van der Waals surface area (Å²) in [6.45, 7) is 0. The van der Waals surface area contributed by atoms with Crippen LogP contribution < -0.4 is 16.3 Å². The number of pyridine rings is 1. The van der Waals surface area contributed by atoms with Crippen LogP contribution in [0.5, 0.6) is 0 Å². The third kappa shape index (κ3) is 4.92. The van der Waals surface area contributed by atoms with Gasteiger partial charge in [-0.25, -0.2) is 27.7 Å². The largest absolute Gasteiger partial charge is 0.453 e. The summed E-state index contributed by atoms with van der Waals surface area (Å²) < 4.78 is 53.4. The number of methoxy groups -OCH3 is 1. The molecule has 7 rings (SSSR count). The molecule has 2 atom stereocenters. The van der Waals surface area contributed by atoms with Gasteiger partial charge in [0.2, 0.25) is 0 Å². The van der Waals surface area contributed by atoms with Crippen LogP contribution >= 0.6 is 0 Å². The number of nitrogens with one attached hydrogen (secondary N) is 3. The van der Waals surface area contributed by atoms with E-state index < -0.39 is 35.0 Å². The molecule has 13 heteroatoms. The zero-order valence-electron chi connectivity index (χ0n) is 24.4. The van der Waals surface area contributed by atoms with Crippen LogP contribution in [0.4, 0.5) is 18.0 Å². The van der Waals surface area contributed by atoms with Gasteiger partial charge >= 0.3 is 11.8 Å². The van der Waals surface area contributed by atoms with Crippen LogP contribution in [0.3, 0.4) is 0 Å². The zero-order chi connectivity index (χ0) is 31.6. The van der Waals surface area contributed by atoms with Crippen molar-refractivity contribution in [3.63, 3.8) is 0 Å². The first-order valence-corrected chi connectivity index (χ1v) is 14.7. The van der Waals surface area contributed by atoms with Crippen LogP contribution in [-0.2, 0) is 11.8 Å². The monoisotopic (exact) mass is 618 g/mol. The second-order valence-electron chi connectivity index (χ2n) is 11.7. The third-order valence-corrected chi connectivity index (χ3v) is 8.73. The number of alkyl carbamates (subject to hydrolysis) is 1. The summed E-state index contributed by atoms with van der Waals surface area (Å²) in [7, 11) is 2.91. The van der Waals surface area contributed by atoms with Crippen molar-refractivity contribution in [3.05, 3.63) is 76.1 Å². The van der Waals surface area contributed by atoms with E-state index in [1.165, 1.54) is 36.1 Å². The number of aromatic nitrogens is 4. The van der Waals surface area contributed by atoms with Crippen molar-refractivity contribution in [2.24, 2.45) is 7.05 Å². The first kappa shape index (κ1) is 28.7. The normalized spacial score (nSPS) is 18.1. The van der Waals surface area contributed by atoms with E-state index in [4.69, 9.17) is 4.74 Å². The van der Waals surface area contributed by atoms with Crippen LogP contribution in [0.1, 0.15) is 48.5 Å². The molecule has 2 fully saturated rings. The first-order valence-electron chi connectivity index (χ1n) is 14.7. The Labute approximate surface area is 254 Å². The molecule has 2 amide bonds. The minimum atomic E-state index is -1.04. The van der Waals surface area contributed by atoms with Gasteiger partial charge in [-0.15, -0.1) is 0 Å². The lowest BCUT2D eigenvalue weighted by Crippen LogP contribution is -2.33. The Kier molecular flexibility index (Phi) is 6.90. The molecular formula is C32H29F3N6O4. The number of halogens is 3. The van der Waals surface area contributed by atoms with Gasteiger partial charge in [-0.1, -0.05) is 12.1 Å². The van der Waals surface area contributed by atoms with E-state index in [9.17, 15) is 18.8 Å². The van der Waals surface area contributed by atoms with Crippen LogP contribution in [0.15, 0.2) is 47.4 Å². The van der Waals surface area contributed by atoms with Gasteiger partial charge in [-0.2, -0.15) is 0 Å². The molecule has 232 valence electrons. The van der Waals surface area contributed by atoms with Gasteiger partial charge in [0, 0.05) is 36.3 Å². The number of amides is 2. The lowest BCUT2D eigenvalue weighted by atomic mass is 9.97. The molecule has 0 aliphatic heterocycles. The maximum atomic E-state index is 15.4. The lowest BCUT2D eigenvalue weighted by molar-refractivity contribution is 0.0942. The standard InChI is InChI=1S/C32H29F3N6O4/c1-40-23-14-36-29-26(28(23)41(32(40)44)20-9-8-19(13-20)38-31(43)45-2)24(15-4-3-5-17(33)10-15)27(39-29)16-11-21(34)25(22(35)12-16)30(42)37-18-6-7-18/h3-5,10-12,14,18-20H,6-9,13H2,1-2H3,(H,36,39)(H,37,42)(H,38,43)/t19-,20-/m1/s1. The molecule has 2 saturated carbocycles. The molecule has 45 heavy (non-hydrogen) atoms. The van der Waals surface area contributed by atoms with Crippen molar-refractivity contribution in [2.45, 2.75) is 50.2 Å². The van der Waals surface area contributed by atoms with E-state index >= 15 is 8.78 Å². The molecule has 2 aliphatic rings. The zero-order valence-corrected chi connectivity index (χ0v) is 24.4. The van der Waals surface area contributed by atoms with Crippen molar-refractivity contribution in [3.8, 4) is 22.4 Å². The molecule has 3 aromatic heterocycles. The maximum Gasteiger partial charge on any atom is 0.407 e. The molecule has 2 aliphatic carbocycles. The van der Waals surface area contributed by atoms with Crippen molar-refractivity contribution >= 4 is 34.1 Å². The molecule has 3 N–H and O–H groups in total. The molecule has 10 nitrogen and oxygen atoms in total. The summed E-state index contributed by atoms with van der Waals surface area (Å²) in [4.78, 5) is 45.9. The highest BCUT2D eigenvalue weighted by molar-refractivity contribution is 6.14. The Morgan fingerprint density at radius 3 is 2.42 bits per heavy atom. The fourth-order valence-corrected chi connectivity index (χ4v) is 6.44. The number of hydrogen-bond acceptors (Lipinski definition) is 5. The summed E-state index contributed by atoms with van der Waals surface area (Å²) in [6.07, 6.45) is 4.16. The van der Waals surface area contributed by atoms with Crippen molar-refractivity contribution in [1.82, 2.24) is 29.7 Å². The number of imidazole rings is 1. The molecule has 2 aromatic carbocycles. The predicted molar refractivity (Wildman–Crippen MR) is 160 cm³/mol. The second-order valence-corrected chi connectivity index (χ2v) is 11.7. The molecule has 5 aromatic rings. The van der Waals surface area contributed by atoms with E-state index in [-0.39, 0.29) is 35.1 Å². The smallest absolute Gasteiger partial charge is 0.407 e. The number of carbonyl (C=O) groups is 2. The number of aromatic amines is 1. The van der Waals surface area contributed by atoms with Crippen molar-refractivity contribution in [1.29, 1.82) is 0 Å². The molecule has 0 radical (unpaired) electrons. The molecule has 0 unspecified atom stereocenters. The van der Waals surface area contributed by atoms with E-state index in [1.807, 2.05) is 0 Å².